The second-order valence-electron chi connectivity index (χ2n) is 4.51. The van der Waals surface area contributed by atoms with Gasteiger partial charge < -0.3 is 9.67 Å². The molecule has 0 atom stereocenters. The van der Waals surface area contributed by atoms with E-state index in [2.05, 4.69) is 15.9 Å². The number of rotatable bonds is 4. The van der Waals surface area contributed by atoms with Gasteiger partial charge in [0, 0.05) is 22.8 Å². The van der Waals surface area contributed by atoms with Gasteiger partial charge in [-0.1, -0.05) is 12.1 Å². The summed E-state index contributed by atoms with van der Waals surface area (Å²) >= 11 is 3.41. The maximum atomic E-state index is 11.8. The Hall–Kier alpha value is -1.88. The Morgan fingerprint density at radius 1 is 1.20 bits per heavy atom. The number of aryl methyl sites for hydroxylation is 1. The van der Waals surface area contributed by atoms with Gasteiger partial charge in [-0.05, 0) is 53.0 Å². The van der Waals surface area contributed by atoms with Crippen molar-refractivity contribution < 1.29 is 9.90 Å². The Kier molecular flexibility index (Phi) is 4.39. The minimum Gasteiger partial charge on any atom is -0.478 e. The first-order valence-corrected chi connectivity index (χ1v) is 6.96. The third kappa shape index (κ3) is 3.17. The fourth-order valence-electron chi connectivity index (χ4n) is 1.98. The molecule has 2 rings (SSSR count). The summed E-state index contributed by atoms with van der Waals surface area (Å²) in [6.07, 6.45) is 0.678. The number of hydrogen-bond donors (Lipinski definition) is 1. The molecule has 0 aliphatic heterocycles. The highest BCUT2D eigenvalue weighted by Crippen LogP contribution is 2.13. The molecule has 1 heterocycles. The molecule has 0 spiro atoms. The summed E-state index contributed by atoms with van der Waals surface area (Å²) in [5.41, 5.74) is 2.12. The molecule has 2 aromatic rings. The van der Waals surface area contributed by atoms with Crippen LogP contribution in [0.4, 0.5) is 0 Å². The first-order chi connectivity index (χ1) is 9.49. The molecule has 0 radical (unpaired) electrons. The molecule has 5 heteroatoms. The zero-order chi connectivity index (χ0) is 14.7. The summed E-state index contributed by atoms with van der Waals surface area (Å²) in [6, 6.07) is 9.99. The number of aromatic carboxylic acids is 1. The Morgan fingerprint density at radius 3 is 2.45 bits per heavy atom. The Balaban J connectivity index is 2.15. The highest BCUT2D eigenvalue weighted by Gasteiger charge is 2.05. The van der Waals surface area contributed by atoms with Crippen molar-refractivity contribution in [2.75, 3.05) is 0 Å². The van der Waals surface area contributed by atoms with Crippen molar-refractivity contribution in [2.24, 2.45) is 0 Å². The van der Waals surface area contributed by atoms with Crippen LogP contribution in [0.25, 0.3) is 0 Å². The molecular weight excluding hydrogens is 322 g/mol. The van der Waals surface area contributed by atoms with E-state index in [0.29, 0.717) is 13.0 Å². The SMILES string of the molecule is Cc1c(Br)ccc(=O)n1CCc1ccc(C(=O)O)cc1. The van der Waals surface area contributed by atoms with Crippen molar-refractivity contribution in [3.63, 3.8) is 0 Å². The molecular formula is C15H14BrNO3. The molecule has 1 aromatic carbocycles. The molecule has 0 saturated carbocycles. The van der Waals surface area contributed by atoms with Crippen LogP contribution in [0.15, 0.2) is 45.7 Å². The Bertz CT molecular complexity index is 689. The Morgan fingerprint density at radius 2 is 1.85 bits per heavy atom. The van der Waals surface area contributed by atoms with E-state index in [1.807, 2.05) is 6.92 Å². The second-order valence-corrected chi connectivity index (χ2v) is 5.36. The normalized spacial score (nSPS) is 10.5. The molecule has 0 bridgehead atoms. The van der Waals surface area contributed by atoms with Crippen molar-refractivity contribution in [3.05, 3.63) is 68.0 Å². The van der Waals surface area contributed by atoms with Gasteiger partial charge in [-0.3, -0.25) is 4.79 Å². The van der Waals surface area contributed by atoms with E-state index in [9.17, 15) is 9.59 Å². The van der Waals surface area contributed by atoms with Gasteiger partial charge in [-0.2, -0.15) is 0 Å². The van der Waals surface area contributed by atoms with Crippen LogP contribution >= 0.6 is 15.9 Å². The number of nitrogens with zero attached hydrogens (tertiary/aromatic N) is 1. The number of aromatic nitrogens is 1. The van der Waals surface area contributed by atoms with Crippen LogP contribution in [-0.4, -0.2) is 15.6 Å². The van der Waals surface area contributed by atoms with Crippen LogP contribution < -0.4 is 5.56 Å². The average molecular weight is 336 g/mol. The van der Waals surface area contributed by atoms with Crippen LogP contribution in [0, 0.1) is 6.92 Å². The van der Waals surface area contributed by atoms with Gasteiger partial charge in [0.1, 0.15) is 0 Å². The molecule has 1 N–H and O–H groups in total. The standard InChI is InChI=1S/C15H14BrNO3/c1-10-13(16)6-7-14(18)17(10)9-8-11-2-4-12(5-3-11)15(19)20/h2-7H,8-9H2,1H3,(H,19,20). The molecule has 0 aliphatic rings. The van der Waals surface area contributed by atoms with Crippen LogP contribution in [-0.2, 0) is 13.0 Å². The summed E-state index contributed by atoms with van der Waals surface area (Å²) in [4.78, 5) is 22.6. The first-order valence-electron chi connectivity index (χ1n) is 6.17. The van der Waals surface area contributed by atoms with Gasteiger partial charge in [0.2, 0.25) is 0 Å². The quantitative estimate of drug-likeness (QED) is 0.934. The molecule has 0 aliphatic carbocycles. The highest BCUT2D eigenvalue weighted by molar-refractivity contribution is 9.10. The number of benzene rings is 1. The lowest BCUT2D eigenvalue weighted by atomic mass is 10.1. The predicted molar refractivity (Wildman–Crippen MR) is 80.2 cm³/mol. The van der Waals surface area contributed by atoms with Gasteiger partial charge in [0.05, 0.1) is 5.56 Å². The summed E-state index contributed by atoms with van der Waals surface area (Å²) in [6.45, 7) is 2.45. The molecule has 0 fully saturated rings. The lowest BCUT2D eigenvalue weighted by Gasteiger charge is -2.11. The van der Waals surface area contributed by atoms with Crippen molar-refractivity contribution in [3.8, 4) is 0 Å². The van der Waals surface area contributed by atoms with Crippen LogP contribution in [0.1, 0.15) is 21.6 Å². The minimum atomic E-state index is -0.935. The van der Waals surface area contributed by atoms with Crippen molar-refractivity contribution in [2.45, 2.75) is 19.9 Å². The average Bonchev–Trinajstić information content (AvgIpc) is 2.43. The molecule has 1 aromatic heterocycles. The van der Waals surface area contributed by atoms with Crippen LogP contribution in [0.2, 0.25) is 0 Å². The monoisotopic (exact) mass is 335 g/mol. The largest absolute Gasteiger partial charge is 0.478 e. The van der Waals surface area contributed by atoms with Gasteiger partial charge in [0.25, 0.3) is 5.56 Å². The zero-order valence-corrected chi connectivity index (χ0v) is 12.6. The van der Waals surface area contributed by atoms with Crippen LogP contribution in [0.3, 0.4) is 0 Å². The third-order valence-corrected chi connectivity index (χ3v) is 4.05. The second kappa shape index (κ2) is 6.05. The van der Waals surface area contributed by atoms with E-state index in [-0.39, 0.29) is 11.1 Å². The van der Waals surface area contributed by atoms with E-state index in [1.54, 1.807) is 34.9 Å². The van der Waals surface area contributed by atoms with Crippen molar-refractivity contribution in [1.29, 1.82) is 0 Å². The molecule has 0 saturated heterocycles. The summed E-state index contributed by atoms with van der Waals surface area (Å²) in [5.74, 6) is -0.935. The maximum absolute atomic E-state index is 11.8. The summed E-state index contributed by atoms with van der Waals surface area (Å²) < 4.78 is 2.60. The summed E-state index contributed by atoms with van der Waals surface area (Å²) in [5, 5.41) is 8.84. The number of carboxylic acids is 1. The molecule has 0 amide bonds. The van der Waals surface area contributed by atoms with Gasteiger partial charge in [-0.25, -0.2) is 4.79 Å². The van der Waals surface area contributed by atoms with Crippen LogP contribution in [0.5, 0.6) is 0 Å². The van der Waals surface area contributed by atoms with Gasteiger partial charge in [0.15, 0.2) is 0 Å². The molecule has 0 unspecified atom stereocenters. The topological polar surface area (TPSA) is 59.3 Å². The molecule has 20 heavy (non-hydrogen) atoms. The van der Waals surface area contributed by atoms with E-state index < -0.39 is 5.97 Å². The lowest BCUT2D eigenvalue weighted by Crippen LogP contribution is -2.22. The molecule has 4 nitrogen and oxygen atoms in total. The number of carbonyl (C=O) groups is 1. The van der Waals surface area contributed by atoms with E-state index in [1.165, 1.54) is 6.07 Å². The number of pyridine rings is 1. The molecule has 104 valence electrons. The fraction of sp³-hybridized carbons (Fsp3) is 0.200. The zero-order valence-electron chi connectivity index (χ0n) is 11.0. The maximum Gasteiger partial charge on any atom is 0.335 e. The van der Waals surface area contributed by atoms with Crippen molar-refractivity contribution in [1.82, 2.24) is 4.57 Å². The third-order valence-electron chi connectivity index (χ3n) is 3.21. The first kappa shape index (κ1) is 14.5. The fourth-order valence-corrected chi connectivity index (χ4v) is 2.33. The van der Waals surface area contributed by atoms with Crippen molar-refractivity contribution >= 4 is 21.9 Å². The van der Waals surface area contributed by atoms with E-state index in [0.717, 1.165) is 15.7 Å². The van der Waals surface area contributed by atoms with Gasteiger partial charge >= 0.3 is 5.97 Å². The number of carboxylic acid groups (broad SMARTS) is 1. The number of halogens is 1. The van der Waals surface area contributed by atoms with E-state index >= 15 is 0 Å². The van der Waals surface area contributed by atoms with E-state index in [4.69, 9.17) is 5.11 Å². The summed E-state index contributed by atoms with van der Waals surface area (Å²) in [7, 11) is 0. The smallest absolute Gasteiger partial charge is 0.335 e. The lowest BCUT2D eigenvalue weighted by molar-refractivity contribution is 0.0697. The highest BCUT2D eigenvalue weighted by atomic mass is 79.9. The minimum absolute atomic E-state index is 0.0344. The number of hydrogen-bond acceptors (Lipinski definition) is 2. The Labute approximate surface area is 124 Å². The van der Waals surface area contributed by atoms with Gasteiger partial charge in [-0.15, -0.1) is 0 Å². The predicted octanol–water partition coefficient (Wildman–Crippen LogP) is 2.86.